The van der Waals surface area contributed by atoms with Gasteiger partial charge in [-0.3, -0.25) is 4.79 Å². The Morgan fingerprint density at radius 3 is 2.17 bits per heavy atom. The normalized spacial score (nSPS) is 14.6. The number of carbonyl (C=O) groups is 1. The molecule has 0 spiro atoms. The molecule has 1 N–H and O–H groups in total. The van der Waals surface area contributed by atoms with E-state index in [1.54, 1.807) is 0 Å². The third kappa shape index (κ3) is 6.42. The third-order valence-corrected chi connectivity index (χ3v) is 3.49. The third-order valence-electron chi connectivity index (χ3n) is 2.27. The highest BCUT2D eigenvalue weighted by Crippen LogP contribution is 2.39. The summed E-state index contributed by atoms with van der Waals surface area (Å²) in [6.07, 6.45) is -6.27. The molecule has 0 radical (unpaired) electrons. The van der Waals surface area contributed by atoms with Crippen molar-refractivity contribution >= 4 is 17.7 Å². The first-order valence-corrected chi connectivity index (χ1v) is 6.42. The first-order valence-electron chi connectivity index (χ1n) is 5.37. The summed E-state index contributed by atoms with van der Waals surface area (Å²) in [6.45, 7) is 1.49. The lowest BCUT2D eigenvalue weighted by molar-refractivity contribution is -0.284. The molecule has 0 aromatic carbocycles. The van der Waals surface area contributed by atoms with Crippen LogP contribution in [0.25, 0.3) is 0 Å². The predicted octanol–water partition coefficient (Wildman–Crippen LogP) is 3.95. The van der Waals surface area contributed by atoms with Crippen LogP contribution in [-0.2, 0) is 4.79 Å². The molecule has 0 aliphatic rings. The van der Waals surface area contributed by atoms with Crippen LogP contribution in [0, 0.1) is 0 Å². The van der Waals surface area contributed by atoms with Crippen LogP contribution in [0.4, 0.5) is 22.0 Å². The second kappa shape index (κ2) is 7.16. The van der Waals surface area contributed by atoms with E-state index in [9.17, 15) is 26.7 Å². The Bertz CT molecular complexity index is 267. The number of carboxylic acid groups (broad SMARTS) is 1. The highest BCUT2D eigenvalue weighted by Gasteiger charge is 2.56. The molecule has 2 nitrogen and oxygen atoms in total. The molecule has 0 aliphatic carbocycles. The molecule has 0 fully saturated rings. The summed E-state index contributed by atoms with van der Waals surface area (Å²) in [5.41, 5.74) is 0. The minimum absolute atomic E-state index is 0.227. The second-order valence-electron chi connectivity index (χ2n) is 3.86. The molecule has 0 saturated heterocycles. The second-order valence-corrected chi connectivity index (χ2v) is 5.31. The Labute approximate surface area is 106 Å². The number of hydrogen-bond donors (Lipinski definition) is 1. The maximum absolute atomic E-state index is 12.5. The Balaban J connectivity index is 3.67. The van der Waals surface area contributed by atoms with E-state index in [0.29, 0.717) is 12.2 Å². The minimum atomic E-state index is -5.49. The lowest BCUT2D eigenvalue weighted by Gasteiger charge is -2.19. The molecular formula is C10H15F5O2S. The van der Waals surface area contributed by atoms with Crippen LogP contribution in [0.2, 0.25) is 0 Å². The van der Waals surface area contributed by atoms with E-state index in [-0.39, 0.29) is 12.8 Å². The van der Waals surface area contributed by atoms with Gasteiger partial charge in [-0.25, -0.2) is 0 Å². The summed E-state index contributed by atoms with van der Waals surface area (Å²) in [6, 6.07) is 0. The summed E-state index contributed by atoms with van der Waals surface area (Å²) in [4.78, 5) is 10.4. The van der Waals surface area contributed by atoms with Crippen LogP contribution in [0.3, 0.4) is 0 Å². The van der Waals surface area contributed by atoms with Gasteiger partial charge in [-0.15, -0.1) is 11.8 Å². The van der Waals surface area contributed by atoms with E-state index >= 15 is 0 Å². The van der Waals surface area contributed by atoms with E-state index in [0.717, 1.165) is 11.8 Å². The van der Waals surface area contributed by atoms with E-state index in [1.807, 2.05) is 0 Å². The van der Waals surface area contributed by atoms with Gasteiger partial charge in [-0.1, -0.05) is 6.42 Å². The van der Waals surface area contributed by atoms with Crippen molar-refractivity contribution in [3.8, 4) is 0 Å². The van der Waals surface area contributed by atoms with Gasteiger partial charge in [0.2, 0.25) is 0 Å². The van der Waals surface area contributed by atoms with E-state index in [1.165, 1.54) is 6.92 Å². The molecule has 0 aromatic rings. The van der Waals surface area contributed by atoms with Crippen LogP contribution in [0.5, 0.6) is 0 Å². The van der Waals surface area contributed by atoms with Gasteiger partial charge in [-0.05, 0) is 25.5 Å². The highest BCUT2D eigenvalue weighted by atomic mass is 32.2. The number of alkyl halides is 5. The Morgan fingerprint density at radius 1 is 1.17 bits per heavy atom. The van der Waals surface area contributed by atoms with Crippen molar-refractivity contribution in [3.63, 3.8) is 0 Å². The predicted molar refractivity (Wildman–Crippen MR) is 59.0 cm³/mol. The van der Waals surface area contributed by atoms with Crippen molar-refractivity contribution in [1.82, 2.24) is 0 Å². The molecule has 0 aliphatic heterocycles. The number of hydrogen-bond acceptors (Lipinski definition) is 2. The van der Waals surface area contributed by atoms with Crippen molar-refractivity contribution in [3.05, 3.63) is 0 Å². The lowest BCUT2D eigenvalue weighted by atomic mass is 10.1. The number of carboxylic acids is 1. The smallest absolute Gasteiger partial charge is 0.453 e. The zero-order valence-corrected chi connectivity index (χ0v) is 10.6. The number of thioether (sulfide) groups is 1. The fourth-order valence-corrected chi connectivity index (χ4v) is 1.97. The first kappa shape index (κ1) is 17.5. The topological polar surface area (TPSA) is 37.3 Å². The van der Waals surface area contributed by atoms with Gasteiger partial charge in [0.05, 0.1) is 5.25 Å². The van der Waals surface area contributed by atoms with Crippen LogP contribution in [-0.4, -0.2) is 34.2 Å². The molecule has 0 heterocycles. The molecule has 0 saturated carbocycles. The molecular weight excluding hydrogens is 279 g/mol. The van der Waals surface area contributed by atoms with Gasteiger partial charge in [0, 0.05) is 6.42 Å². The fraction of sp³-hybridized carbons (Fsp3) is 0.900. The molecule has 1 atom stereocenters. The van der Waals surface area contributed by atoms with Crippen molar-refractivity contribution in [1.29, 1.82) is 0 Å². The standard InChI is InChI=1S/C10H15F5O2S/c1-7(8(16)17)18-6-4-2-3-5-9(11,12)10(13,14)15/h7H,2-6H2,1H3,(H,16,17). The number of aliphatic carboxylic acids is 1. The largest absolute Gasteiger partial charge is 0.480 e. The number of halogens is 5. The van der Waals surface area contributed by atoms with Gasteiger partial charge in [0.25, 0.3) is 0 Å². The van der Waals surface area contributed by atoms with E-state index < -0.39 is 29.7 Å². The Hall–Kier alpha value is -0.530. The maximum Gasteiger partial charge on any atom is 0.453 e. The van der Waals surface area contributed by atoms with Crippen LogP contribution in [0.1, 0.15) is 32.6 Å². The maximum atomic E-state index is 12.5. The summed E-state index contributed by atoms with van der Waals surface area (Å²) >= 11 is 1.14. The summed E-state index contributed by atoms with van der Waals surface area (Å²) in [5, 5.41) is 7.94. The average molecular weight is 294 g/mol. The van der Waals surface area contributed by atoms with E-state index in [4.69, 9.17) is 5.11 Å². The molecule has 1 unspecified atom stereocenters. The summed E-state index contributed by atoms with van der Waals surface area (Å²) in [7, 11) is 0. The van der Waals surface area contributed by atoms with Gasteiger partial charge in [-0.2, -0.15) is 22.0 Å². The van der Waals surface area contributed by atoms with Gasteiger partial charge in [0.1, 0.15) is 0 Å². The van der Waals surface area contributed by atoms with E-state index in [2.05, 4.69) is 0 Å². The molecule has 0 rings (SSSR count). The quantitative estimate of drug-likeness (QED) is 0.544. The van der Waals surface area contributed by atoms with Crippen molar-refractivity contribution < 1.29 is 31.9 Å². The minimum Gasteiger partial charge on any atom is -0.480 e. The monoisotopic (exact) mass is 294 g/mol. The first-order chi connectivity index (χ1) is 8.08. The zero-order valence-electron chi connectivity index (χ0n) is 9.77. The molecule has 0 amide bonds. The highest BCUT2D eigenvalue weighted by molar-refractivity contribution is 8.00. The van der Waals surface area contributed by atoms with Crippen molar-refractivity contribution in [2.45, 2.75) is 50.0 Å². The Morgan fingerprint density at radius 2 is 1.72 bits per heavy atom. The summed E-state index contributed by atoms with van der Waals surface area (Å²) in [5.74, 6) is -5.16. The lowest BCUT2D eigenvalue weighted by Crippen LogP contribution is -2.36. The van der Waals surface area contributed by atoms with Crippen molar-refractivity contribution in [2.75, 3.05) is 5.75 Å². The van der Waals surface area contributed by atoms with Crippen LogP contribution >= 0.6 is 11.8 Å². The SMILES string of the molecule is CC(SCCCCCC(F)(F)C(F)(F)F)C(=O)O. The Kier molecular flexibility index (Phi) is 6.94. The van der Waals surface area contributed by atoms with Gasteiger partial charge < -0.3 is 5.11 Å². The van der Waals surface area contributed by atoms with Crippen LogP contribution in [0.15, 0.2) is 0 Å². The average Bonchev–Trinajstić information content (AvgIpc) is 2.20. The van der Waals surface area contributed by atoms with Gasteiger partial charge in [0.15, 0.2) is 0 Å². The van der Waals surface area contributed by atoms with Gasteiger partial charge >= 0.3 is 18.1 Å². The molecule has 0 bridgehead atoms. The van der Waals surface area contributed by atoms with Crippen LogP contribution < -0.4 is 0 Å². The molecule has 108 valence electrons. The fourth-order valence-electron chi connectivity index (χ4n) is 1.10. The molecule has 18 heavy (non-hydrogen) atoms. The number of rotatable bonds is 8. The van der Waals surface area contributed by atoms with Crippen molar-refractivity contribution in [2.24, 2.45) is 0 Å². The zero-order chi connectivity index (χ0) is 14.4. The molecule has 0 aromatic heterocycles. The number of unbranched alkanes of at least 4 members (excludes halogenated alkanes) is 2. The molecule has 8 heteroatoms. The summed E-state index contributed by atoms with van der Waals surface area (Å²) < 4.78 is 60.3.